The molecule has 1 aromatic carbocycles. The molecule has 0 aromatic heterocycles. The van der Waals surface area contributed by atoms with Crippen molar-refractivity contribution in [1.82, 2.24) is 0 Å². The van der Waals surface area contributed by atoms with Gasteiger partial charge in [0.2, 0.25) is 0 Å². The van der Waals surface area contributed by atoms with Gasteiger partial charge in [-0.1, -0.05) is 45.8 Å². The van der Waals surface area contributed by atoms with Crippen molar-refractivity contribution in [2.75, 3.05) is 0 Å². The van der Waals surface area contributed by atoms with Crippen LogP contribution in [-0.2, 0) is 4.74 Å². The summed E-state index contributed by atoms with van der Waals surface area (Å²) in [5.41, 5.74) is 2.37. The van der Waals surface area contributed by atoms with E-state index in [4.69, 9.17) is 4.74 Å². The third-order valence-corrected chi connectivity index (χ3v) is 3.33. The van der Waals surface area contributed by atoms with Crippen molar-refractivity contribution in [1.29, 1.82) is 0 Å². The lowest BCUT2D eigenvalue weighted by Crippen LogP contribution is -2.13. The second kappa shape index (κ2) is 4.01. The highest BCUT2D eigenvalue weighted by atomic mass is 79.9. The lowest BCUT2D eigenvalue weighted by molar-refractivity contribution is -0.0886. The molecule has 1 heterocycles. The van der Waals surface area contributed by atoms with Crippen LogP contribution < -0.4 is 0 Å². The highest BCUT2D eigenvalue weighted by Crippen LogP contribution is 2.35. The van der Waals surface area contributed by atoms with Gasteiger partial charge < -0.3 is 9.84 Å². The van der Waals surface area contributed by atoms with E-state index in [1.807, 2.05) is 0 Å². The van der Waals surface area contributed by atoms with Gasteiger partial charge in [-0.15, -0.1) is 0 Å². The molecule has 2 nitrogen and oxygen atoms in total. The first-order valence-electron chi connectivity index (χ1n) is 4.71. The van der Waals surface area contributed by atoms with Crippen molar-refractivity contribution in [3.63, 3.8) is 0 Å². The number of hydrogen-bond donors (Lipinski definition) is 1. The standard InChI is InChI=1S/C11H13BrO2/c1-7-2-4-8(5-3-7)10-6-9(12)11(13)14-10/h2-5,9-11,13H,6H2,1H3/t9-,10+,11-/m0/s1. The summed E-state index contributed by atoms with van der Waals surface area (Å²) in [4.78, 5) is 0.0498. The molecule has 0 unspecified atom stereocenters. The average Bonchev–Trinajstić information content (AvgIpc) is 2.48. The molecule has 3 heteroatoms. The monoisotopic (exact) mass is 256 g/mol. The highest BCUT2D eigenvalue weighted by Gasteiger charge is 2.32. The second-order valence-electron chi connectivity index (χ2n) is 3.68. The Morgan fingerprint density at radius 2 is 2.00 bits per heavy atom. The fourth-order valence-corrected chi connectivity index (χ4v) is 2.09. The van der Waals surface area contributed by atoms with E-state index >= 15 is 0 Å². The van der Waals surface area contributed by atoms with E-state index in [1.165, 1.54) is 5.56 Å². The summed E-state index contributed by atoms with van der Waals surface area (Å²) >= 11 is 3.38. The van der Waals surface area contributed by atoms with Gasteiger partial charge in [0.1, 0.15) is 0 Å². The van der Waals surface area contributed by atoms with E-state index in [1.54, 1.807) is 0 Å². The normalized spacial score (nSPS) is 32.1. The fourth-order valence-electron chi connectivity index (χ4n) is 1.63. The largest absolute Gasteiger partial charge is 0.367 e. The van der Waals surface area contributed by atoms with Crippen LogP contribution in [0.1, 0.15) is 23.7 Å². The molecule has 1 aliphatic rings. The Labute approximate surface area is 92.0 Å². The maximum atomic E-state index is 9.41. The zero-order valence-corrected chi connectivity index (χ0v) is 9.57. The van der Waals surface area contributed by atoms with Crippen LogP contribution in [0.5, 0.6) is 0 Å². The summed E-state index contributed by atoms with van der Waals surface area (Å²) in [7, 11) is 0. The minimum Gasteiger partial charge on any atom is -0.367 e. The van der Waals surface area contributed by atoms with Gasteiger partial charge in [0.15, 0.2) is 6.29 Å². The van der Waals surface area contributed by atoms with Gasteiger partial charge in [0.05, 0.1) is 10.9 Å². The molecular weight excluding hydrogens is 244 g/mol. The molecule has 0 saturated carbocycles. The van der Waals surface area contributed by atoms with Crippen molar-refractivity contribution in [3.8, 4) is 0 Å². The number of aliphatic hydroxyl groups is 1. The summed E-state index contributed by atoms with van der Waals surface area (Å²) in [6.45, 7) is 2.06. The quantitative estimate of drug-likeness (QED) is 0.783. The summed E-state index contributed by atoms with van der Waals surface area (Å²) in [5, 5.41) is 9.41. The SMILES string of the molecule is Cc1ccc([C@H]2C[C@H](Br)[C@@H](O)O2)cc1. The van der Waals surface area contributed by atoms with Crippen molar-refractivity contribution >= 4 is 15.9 Å². The van der Waals surface area contributed by atoms with Gasteiger partial charge in [0, 0.05) is 0 Å². The number of halogens is 1. The van der Waals surface area contributed by atoms with Gasteiger partial charge in [-0.25, -0.2) is 0 Å². The maximum Gasteiger partial charge on any atom is 0.168 e. The Bertz CT molecular complexity index is 300. The van der Waals surface area contributed by atoms with E-state index in [-0.39, 0.29) is 10.9 Å². The molecule has 0 spiro atoms. The van der Waals surface area contributed by atoms with E-state index in [0.717, 1.165) is 12.0 Å². The fraction of sp³-hybridized carbons (Fsp3) is 0.455. The van der Waals surface area contributed by atoms with Crippen LogP contribution in [-0.4, -0.2) is 16.2 Å². The van der Waals surface area contributed by atoms with Crippen molar-refractivity contribution < 1.29 is 9.84 Å². The zero-order valence-electron chi connectivity index (χ0n) is 7.98. The summed E-state index contributed by atoms with van der Waals surface area (Å²) in [6, 6.07) is 8.23. The number of ether oxygens (including phenoxy) is 1. The van der Waals surface area contributed by atoms with Crippen molar-refractivity contribution in [3.05, 3.63) is 35.4 Å². The number of rotatable bonds is 1. The zero-order chi connectivity index (χ0) is 10.1. The molecule has 1 fully saturated rings. The molecule has 1 aliphatic heterocycles. The Balaban J connectivity index is 2.13. The van der Waals surface area contributed by atoms with E-state index < -0.39 is 6.29 Å². The lowest BCUT2D eigenvalue weighted by Gasteiger charge is -2.10. The van der Waals surface area contributed by atoms with E-state index in [0.29, 0.717) is 0 Å². The molecular formula is C11H13BrO2. The minimum absolute atomic E-state index is 0.0231. The predicted octanol–water partition coefficient (Wildman–Crippen LogP) is 2.54. The third kappa shape index (κ3) is 2.00. The molecule has 1 saturated heterocycles. The first kappa shape index (κ1) is 10.1. The van der Waals surface area contributed by atoms with Gasteiger partial charge in [-0.2, -0.15) is 0 Å². The summed E-state index contributed by atoms with van der Waals surface area (Å²) in [5.74, 6) is 0. The van der Waals surface area contributed by atoms with Crippen LogP contribution >= 0.6 is 15.9 Å². The number of hydrogen-bond acceptors (Lipinski definition) is 2. The molecule has 1 N–H and O–H groups in total. The molecule has 0 aliphatic carbocycles. The maximum absolute atomic E-state index is 9.41. The summed E-state index contributed by atoms with van der Waals surface area (Å²) in [6.07, 6.45) is 0.167. The van der Waals surface area contributed by atoms with Gasteiger partial charge >= 0.3 is 0 Å². The van der Waals surface area contributed by atoms with Crippen LogP contribution in [0.25, 0.3) is 0 Å². The van der Waals surface area contributed by atoms with Crippen molar-refractivity contribution in [2.24, 2.45) is 0 Å². The molecule has 76 valence electrons. The Hall–Kier alpha value is -0.380. The number of benzene rings is 1. The first-order valence-corrected chi connectivity index (χ1v) is 5.62. The molecule has 14 heavy (non-hydrogen) atoms. The van der Waals surface area contributed by atoms with E-state index in [2.05, 4.69) is 47.1 Å². The topological polar surface area (TPSA) is 29.5 Å². The average molecular weight is 257 g/mol. The third-order valence-electron chi connectivity index (χ3n) is 2.50. The first-order chi connectivity index (χ1) is 6.66. The molecule has 1 aromatic rings. The number of alkyl halides is 1. The van der Waals surface area contributed by atoms with Crippen molar-refractivity contribution in [2.45, 2.75) is 30.6 Å². The Morgan fingerprint density at radius 1 is 1.36 bits per heavy atom. The molecule has 0 bridgehead atoms. The Kier molecular flexibility index (Phi) is 2.91. The highest BCUT2D eigenvalue weighted by molar-refractivity contribution is 9.09. The predicted molar refractivity (Wildman–Crippen MR) is 58.3 cm³/mol. The number of aliphatic hydroxyl groups excluding tert-OH is 1. The summed E-state index contributed by atoms with van der Waals surface area (Å²) < 4.78 is 5.41. The van der Waals surface area contributed by atoms with Crippen LogP contribution in [0.3, 0.4) is 0 Å². The number of aryl methyl sites for hydroxylation is 1. The Morgan fingerprint density at radius 3 is 2.50 bits per heavy atom. The van der Waals surface area contributed by atoms with Crippen LogP contribution in [0.2, 0.25) is 0 Å². The lowest BCUT2D eigenvalue weighted by atomic mass is 10.1. The van der Waals surface area contributed by atoms with Gasteiger partial charge in [-0.05, 0) is 18.9 Å². The molecule has 0 radical (unpaired) electrons. The van der Waals surface area contributed by atoms with Crippen LogP contribution in [0.4, 0.5) is 0 Å². The van der Waals surface area contributed by atoms with Gasteiger partial charge in [0.25, 0.3) is 0 Å². The molecule has 3 atom stereocenters. The van der Waals surface area contributed by atoms with Crippen LogP contribution in [0.15, 0.2) is 24.3 Å². The van der Waals surface area contributed by atoms with Gasteiger partial charge in [-0.3, -0.25) is 0 Å². The van der Waals surface area contributed by atoms with Crippen LogP contribution in [0, 0.1) is 6.92 Å². The van der Waals surface area contributed by atoms with E-state index in [9.17, 15) is 5.11 Å². The molecule has 0 amide bonds. The minimum atomic E-state index is -0.679. The second-order valence-corrected chi connectivity index (χ2v) is 4.85. The molecule has 2 rings (SSSR count). The smallest absolute Gasteiger partial charge is 0.168 e.